The van der Waals surface area contributed by atoms with Gasteiger partial charge in [0, 0.05) is 55.1 Å². The Morgan fingerprint density at radius 1 is 0.359 bits per heavy atom. The molecule has 0 N–H and O–H groups in total. The van der Waals surface area contributed by atoms with E-state index in [1.54, 1.807) is 0 Å². The number of furan rings is 1. The Kier molecular flexibility index (Phi) is 9.46. The molecule has 0 aliphatic heterocycles. The van der Waals surface area contributed by atoms with E-state index in [-0.39, 0.29) is 5.41 Å². The van der Waals surface area contributed by atoms with Gasteiger partial charge in [-0.1, -0.05) is 214 Å². The number of hydrogen-bond donors (Lipinski definition) is 0. The minimum Gasteiger partial charge on any atom is -0.452 e. The van der Waals surface area contributed by atoms with E-state index in [1.165, 1.54) is 38.8 Å². The number of nitrogens with zero attached hydrogens (tertiary/aromatic N) is 6. The summed E-state index contributed by atoms with van der Waals surface area (Å²) in [5.41, 5.74) is 19.4. The van der Waals surface area contributed by atoms with Crippen LogP contribution in [0.1, 0.15) is 47.2 Å². The fourth-order valence-corrected chi connectivity index (χ4v) is 13.1. The lowest BCUT2D eigenvalue weighted by Crippen LogP contribution is -2.40. The topological polar surface area (TPSA) is 82.5 Å². The first-order chi connectivity index (χ1) is 38.4. The second-order valence-corrected chi connectivity index (χ2v) is 21.1. The van der Waals surface area contributed by atoms with E-state index in [0.717, 1.165) is 83.2 Å². The Bertz CT molecular complexity index is 4660. The fraction of sp³-hybridized carbons (Fsp3) is 0.0563. The van der Waals surface area contributed by atoms with Crippen molar-refractivity contribution in [2.75, 3.05) is 0 Å². The molecule has 4 heterocycles. The van der Waals surface area contributed by atoms with Crippen LogP contribution in [0.3, 0.4) is 0 Å². The summed E-state index contributed by atoms with van der Waals surface area (Å²) in [5, 5.41) is 3.28. The van der Waals surface area contributed by atoms with E-state index in [2.05, 4.69) is 206 Å². The van der Waals surface area contributed by atoms with Gasteiger partial charge in [0.05, 0.1) is 16.4 Å². The minimum absolute atomic E-state index is 0.270. The number of para-hydroxylation sites is 3. The highest BCUT2D eigenvalue weighted by atomic mass is 16.3. The monoisotopic (exact) mass is 998 g/mol. The predicted octanol–water partition coefficient (Wildman–Crippen LogP) is 17.0. The lowest BCUT2D eigenvalue weighted by Gasteiger charge is -2.46. The van der Waals surface area contributed by atoms with Crippen LogP contribution < -0.4 is 0 Å². The van der Waals surface area contributed by atoms with Crippen molar-refractivity contribution < 1.29 is 4.42 Å². The van der Waals surface area contributed by atoms with Crippen LogP contribution in [0.25, 0.3) is 117 Å². The average Bonchev–Trinajstić information content (AvgIpc) is 3.92. The first-order valence-electron chi connectivity index (χ1n) is 26.6. The van der Waals surface area contributed by atoms with E-state index in [4.69, 9.17) is 29.3 Å². The van der Waals surface area contributed by atoms with E-state index in [9.17, 15) is 0 Å². The van der Waals surface area contributed by atoms with Gasteiger partial charge in [-0.05, 0) is 87.0 Å². The molecule has 0 saturated carbocycles. The maximum atomic E-state index is 6.79. The third-order valence-corrected chi connectivity index (χ3v) is 16.6. The minimum atomic E-state index is -0.692. The summed E-state index contributed by atoms with van der Waals surface area (Å²) in [7, 11) is 0. The van der Waals surface area contributed by atoms with Crippen LogP contribution in [-0.4, -0.2) is 29.5 Å². The number of benzene rings is 10. The highest BCUT2D eigenvalue weighted by Gasteiger charge is 2.54. The summed E-state index contributed by atoms with van der Waals surface area (Å²) in [6.45, 7) is 4.72. The molecule has 0 radical (unpaired) electrons. The molecule has 0 unspecified atom stereocenters. The number of rotatable bonds is 6. The van der Waals surface area contributed by atoms with Crippen molar-refractivity contribution >= 4 is 43.9 Å². The van der Waals surface area contributed by atoms with E-state index >= 15 is 0 Å². The van der Waals surface area contributed by atoms with Crippen LogP contribution in [0, 0.1) is 0 Å². The Morgan fingerprint density at radius 3 is 1.62 bits per heavy atom. The van der Waals surface area contributed by atoms with Crippen LogP contribution >= 0.6 is 0 Å². The van der Waals surface area contributed by atoms with Gasteiger partial charge >= 0.3 is 0 Å². The molecule has 1 spiro atoms. The molecular weight excluding hydrogens is 953 g/mol. The maximum absolute atomic E-state index is 6.79. The maximum Gasteiger partial charge on any atom is 0.180 e. The largest absolute Gasteiger partial charge is 0.452 e. The zero-order valence-electron chi connectivity index (χ0n) is 42.7. The van der Waals surface area contributed by atoms with Gasteiger partial charge in [0.1, 0.15) is 16.8 Å². The highest BCUT2D eigenvalue weighted by molar-refractivity contribution is 6.12. The summed E-state index contributed by atoms with van der Waals surface area (Å²) in [5.74, 6) is 2.41. The first-order valence-corrected chi connectivity index (χ1v) is 26.6. The Hall–Kier alpha value is -10.1. The van der Waals surface area contributed by atoms with Crippen LogP contribution in [-0.2, 0) is 10.8 Å². The molecule has 78 heavy (non-hydrogen) atoms. The number of aromatic nitrogens is 6. The standard InChI is InChI=1S/C71H46N6O/c1-70(2)54-30-14-16-32-56(54)71(57-33-17-15-31-55(57)70)53-40-38-46(41-52(53)62-51(29-20-34-58(62)71)69-75-66(43-21-6-3-7-22-43)74-67(76-69)44-23-8-4-9-24-44)68-72-63(65-64(73-68)50-28-13-19-36-61(50)78-65)45-37-39-49-48-27-12-18-35-59(48)77(60(49)42-45)47-25-10-5-11-26-47/h3-42H,1-2H3. The van der Waals surface area contributed by atoms with Gasteiger partial charge in [-0.25, -0.2) is 24.9 Å². The molecule has 2 aliphatic carbocycles. The second kappa shape index (κ2) is 16.7. The summed E-state index contributed by atoms with van der Waals surface area (Å²) in [6, 6.07) is 86.1. The average molecular weight is 999 g/mol. The smallest absolute Gasteiger partial charge is 0.180 e. The molecule has 366 valence electrons. The molecule has 14 aromatic rings. The van der Waals surface area contributed by atoms with Crippen molar-refractivity contribution in [3.05, 3.63) is 276 Å². The Balaban J connectivity index is 0.977. The fourth-order valence-electron chi connectivity index (χ4n) is 13.1. The molecule has 0 saturated heterocycles. The molecule has 4 aromatic heterocycles. The van der Waals surface area contributed by atoms with Gasteiger partial charge in [-0.2, -0.15) is 0 Å². The highest BCUT2D eigenvalue weighted by Crippen LogP contribution is 2.63. The van der Waals surface area contributed by atoms with Crippen molar-refractivity contribution in [1.29, 1.82) is 0 Å². The predicted molar refractivity (Wildman–Crippen MR) is 314 cm³/mol. The molecule has 0 bridgehead atoms. The van der Waals surface area contributed by atoms with Crippen molar-refractivity contribution in [3.63, 3.8) is 0 Å². The first kappa shape index (κ1) is 44.2. The number of fused-ring (bicyclic) bond motifs is 15. The van der Waals surface area contributed by atoms with Crippen molar-refractivity contribution in [1.82, 2.24) is 29.5 Å². The third-order valence-electron chi connectivity index (χ3n) is 16.6. The molecule has 16 rings (SSSR count). The number of hydrogen-bond acceptors (Lipinski definition) is 6. The molecule has 0 amide bonds. The molecular formula is C71H46N6O. The normalized spacial score (nSPS) is 13.7. The van der Waals surface area contributed by atoms with Crippen LogP contribution in [0.5, 0.6) is 0 Å². The van der Waals surface area contributed by atoms with Gasteiger partial charge in [0.15, 0.2) is 28.9 Å². The molecule has 2 aliphatic rings. The summed E-state index contributed by atoms with van der Waals surface area (Å²) in [4.78, 5) is 27.0. The van der Waals surface area contributed by atoms with Gasteiger partial charge in [0.2, 0.25) is 0 Å². The third kappa shape index (κ3) is 6.30. The van der Waals surface area contributed by atoms with E-state index < -0.39 is 5.41 Å². The molecule has 7 nitrogen and oxygen atoms in total. The van der Waals surface area contributed by atoms with Crippen LogP contribution in [0.2, 0.25) is 0 Å². The molecule has 0 fully saturated rings. The summed E-state index contributed by atoms with van der Waals surface area (Å²) in [6.07, 6.45) is 0. The second-order valence-electron chi connectivity index (χ2n) is 21.1. The molecule has 7 heteroatoms. The van der Waals surface area contributed by atoms with Crippen LogP contribution in [0.15, 0.2) is 247 Å². The van der Waals surface area contributed by atoms with E-state index in [0.29, 0.717) is 28.9 Å². The Labute approximate surface area is 449 Å². The SMILES string of the molecule is CC1(C)c2ccccc2C2(c3ccc(-c4nc(-c5ccc6c7ccccc7n(-c7ccccc7)c6c5)c5oc6ccccc6c5n4)cc3-c3c(-c4nc(-c5ccccc5)nc(-c5ccccc5)n4)cccc32)c2ccccc21. The molecule has 10 aromatic carbocycles. The van der Waals surface area contributed by atoms with Crippen molar-refractivity contribution in [3.8, 4) is 73.6 Å². The van der Waals surface area contributed by atoms with Crippen LogP contribution in [0.4, 0.5) is 0 Å². The zero-order valence-corrected chi connectivity index (χ0v) is 42.7. The van der Waals surface area contributed by atoms with Crippen molar-refractivity contribution in [2.45, 2.75) is 24.7 Å². The van der Waals surface area contributed by atoms with E-state index in [1.807, 2.05) is 54.6 Å². The van der Waals surface area contributed by atoms with Crippen molar-refractivity contribution in [2.24, 2.45) is 0 Å². The van der Waals surface area contributed by atoms with Gasteiger partial charge in [0.25, 0.3) is 0 Å². The summed E-state index contributed by atoms with van der Waals surface area (Å²) < 4.78 is 9.14. The lowest BCUT2D eigenvalue weighted by atomic mass is 9.55. The zero-order chi connectivity index (χ0) is 51.7. The lowest BCUT2D eigenvalue weighted by molar-refractivity contribution is 0.563. The Morgan fingerprint density at radius 2 is 0.910 bits per heavy atom. The molecule has 0 atom stereocenters. The van der Waals surface area contributed by atoms with Gasteiger partial charge in [-0.15, -0.1) is 0 Å². The quantitative estimate of drug-likeness (QED) is 0.165. The summed E-state index contributed by atoms with van der Waals surface area (Å²) >= 11 is 0. The van der Waals surface area contributed by atoms with Gasteiger partial charge < -0.3 is 8.98 Å². The van der Waals surface area contributed by atoms with Gasteiger partial charge in [-0.3, -0.25) is 0 Å².